The standard InChI is InChI=1S/C63H49NSi/c1-38-27-30-43-44-31-28-39(2)34-59(44)65(58(43)33-38)57-26-16-8-18-42(57)45-32-29-40(35-60(45)65)64-55-25-15-14-24-52(55)63(50-22-12-10-20-48(50)62(5,6)49-21-11-13-23-51(49)63)54-36-46-41-17-7-9-19-47(41)61(3,4)53(46)37-56(54)64/h7-37H,1-6H3. The first-order valence-corrected chi connectivity index (χ1v) is 25.4. The maximum absolute atomic E-state index is 2.75. The number of benzene rings is 9. The van der Waals surface area contributed by atoms with Crippen molar-refractivity contribution in [2.24, 2.45) is 0 Å². The van der Waals surface area contributed by atoms with Crippen LogP contribution in [0.2, 0.25) is 0 Å². The van der Waals surface area contributed by atoms with Gasteiger partial charge in [0.25, 0.3) is 0 Å². The molecule has 2 aliphatic carbocycles. The normalized spacial score (nSPS) is 16.9. The van der Waals surface area contributed by atoms with E-state index < -0.39 is 13.5 Å². The lowest BCUT2D eigenvalue weighted by Gasteiger charge is -2.52. The van der Waals surface area contributed by atoms with E-state index in [2.05, 4.69) is 234 Å². The van der Waals surface area contributed by atoms with Crippen molar-refractivity contribution < 1.29 is 0 Å². The molecule has 310 valence electrons. The molecule has 0 saturated carbocycles. The fourth-order valence-corrected chi connectivity index (χ4v) is 19.7. The van der Waals surface area contributed by atoms with Crippen molar-refractivity contribution in [3.8, 4) is 33.4 Å². The number of nitrogens with zero attached hydrogens (tertiary/aromatic N) is 1. The van der Waals surface area contributed by atoms with Gasteiger partial charge in [-0.05, 0) is 143 Å². The van der Waals surface area contributed by atoms with Gasteiger partial charge >= 0.3 is 0 Å². The van der Waals surface area contributed by atoms with Crippen LogP contribution in [0.5, 0.6) is 0 Å². The van der Waals surface area contributed by atoms with Gasteiger partial charge in [-0.1, -0.05) is 197 Å². The summed E-state index contributed by atoms with van der Waals surface area (Å²) in [5, 5.41) is 6.05. The quantitative estimate of drug-likeness (QED) is 0.149. The Hall–Kier alpha value is -7.00. The number of rotatable bonds is 1. The van der Waals surface area contributed by atoms with E-state index in [4.69, 9.17) is 0 Å². The number of aryl methyl sites for hydroxylation is 2. The molecule has 0 aromatic heterocycles. The second kappa shape index (κ2) is 12.4. The molecule has 2 heteroatoms. The van der Waals surface area contributed by atoms with Crippen LogP contribution in [0.15, 0.2) is 188 Å². The molecule has 0 radical (unpaired) electrons. The zero-order valence-corrected chi connectivity index (χ0v) is 38.8. The van der Waals surface area contributed by atoms with Crippen LogP contribution in [-0.2, 0) is 16.2 Å². The Kier molecular flexibility index (Phi) is 7.14. The molecule has 0 fully saturated rings. The molecule has 0 bridgehead atoms. The average molecular weight is 848 g/mol. The van der Waals surface area contributed by atoms with Crippen molar-refractivity contribution >= 4 is 45.9 Å². The SMILES string of the molecule is Cc1ccc2c(c1)[Si]1(c3ccccc3-c3ccc(N4c5ccccc5C5(c6cc7c(cc64)C(C)(C)c4ccccc4-7)c4ccccc4C(C)(C)c4ccccc45)cc31)c1cc(C)ccc1-2. The number of fused-ring (bicyclic) bond motifs is 21. The van der Waals surface area contributed by atoms with Gasteiger partial charge in [0.1, 0.15) is 0 Å². The van der Waals surface area contributed by atoms with Crippen molar-refractivity contribution in [3.05, 3.63) is 244 Å². The smallest absolute Gasteiger partial charge is 0.182 e. The van der Waals surface area contributed by atoms with Crippen LogP contribution in [0, 0.1) is 13.8 Å². The number of para-hydroxylation sites is 1. The number of anilines is 3. The van der Waals surface area contributed by atoms with Gasteiger partial charge in [-0.25, -0.2) is 0 Å². The molecule has 2 spiro atoms. The fraction of sp³-hybridized carbons (Fsp3) is 0.143. The molecular formula is C63H49NSi. The van der Waals surface area contributed by atoms with E-state index in [9.17, 15) is 0 Å². The third-order valence-electron chi connectivity index (χ3n) is 16.6. The summed E-state index contributed by atoms with van der Waals surface area (Å²) < 4.78 is 0. The second-order valence-corrected chi connectivity index (χ2v) is 24.2. The molecule has 0 atom stereocenters. The average Bonchev–Trinajstić information content (AvgIpc) is 3.87. The summed E-state index contributed by atoms with van der Waals surface area (Å²) in [7, 11) is -2.75. The second-order valence-electron chi connectivity index (χ2n) is 20.5. The molecule has 9 aromatic rings. The van der Waals surface area contributed by atoms with Gasteiger partial charge < -0.3 is 4.90 Å². The van der Waals surface area contributed by atoms with Crippen molar-refractivity contribution in [1.29, 1.82) is 0 Å². The Labute approximate surface area is 383 Å². The highest BCUT2D eigenvalue weighted by Gasteiger charge is 2.57. The molecule has 14 rings (SSSR count). The summed E-state index contributed by atoms with van der Waals surface area (Å²) in [6.07, 6.45) is 0. The molecule has 3 aliphatic heterocycles. The largest absolute Gasteiger partial charge is 0.310 e. The van der Waals surface area contributed by atoms with E-state index in [-0.39, 0.29) is 10.8 Å². The molecule has 5 aliphatic rings. The lowest BCUT2D eigenvalue weighted by molar-refractivity contribution is 0.556. The van der Waals surface area contributed by atoms with Gasteiger partial charge in [-0.15, -0.1) is 0 Å². The van der Waals surface area contributed by atoms with Crippen LogP contribution < -0.4 is 25.6 Å². The topological polar surface area (TPSA) is 3.24 Å². The molecule has 3 heterocycles. The minimum atomic E-state index is -2.75. The van der Waals surface area contributed by atoms with Gasteiger partial charge in [0.2, 0.25) is 0 Å². The van der Waals surface area contributed by atoms with Crippen LogP contribution >= 0.6 is 0 Å². The predicted octanol–water partition coefficient (Wildman–Crippen LogP) is 12.8. The first kappa shape index (κ1) is 37.4. The van der Waals surface area contributed by atoms with Gasteiger partial charge in [-0.2, -0.15) is 0 Å². The third-order valence-corrected chi connectivity index (χ3v) is 21.5. The maximum Gasteiger partial charge on any atom is 0.182 e. The van der Waals surface area contributed by atoms with Crippen LogP contribution in [0.25, 0.3) is 33.4 Å². The first-order chi connectivity index (χ1) is 31.6. The van der Waals surface area contributed by atoms with Crippen LogP contribution in [-0.4, -0.2) is 8.07 Å². The van der Waals surface area contributed by atoms with E-state index in [1.165, 1.54) is 127 Å². The number of hydrogen-bond donors (Lipinski definition) is 0. The van der Waals surface area contributed by atoms with Gasteiger partial charge in [0.05, 0.1) is 16.8 Å². The van der Waals surface area contributed by atoms with Crippen molar-refractivity contribution in [2.45, 2.75) is 57.8 Å². The van der Waals surface area contributed by atoms with Gasteiger partial charge in [-0.3, -0.25) is 0 Å². The van der Waals surface area contributed by atoms with E-state index in [1.54, 1.807) is 0 Å². The fourth-order valence-electron chi connectivity index (χ4n) is 13.9. The molecule has 0 N–H and O–H groups in total. The predicted molar refractivity (Wildman–Crippen MR) is 274 cm³/mol. The highest BCUT2D eigenvalue weighted by Crippen LogP contribution is 2.65. The monoisotopic (exact) mass is 847 g/mol. The Morgan fingerprint density at radius 2 is 0.800 bits per heavy atom. The van der Waals surface area contributed by atoms with Crippen LogP contribution in [0.4, 0.5) is 17.1 Å². The summed E-state index contributed by atoms with van der Waals surface area (Å²) in [5.41, 5.74) is 24.7. The zero-order chi connectivity index (χ0) is 43.8. The summed E-state index contributed by atoms with van der Waals surface area (Å²) >= 11 is 0. The Balaban J connectivity index is 1.12. The molecule has 0 unspecified atom stereocenters. The van der Waals surface area contributed by atoms with Crippen molar-refractivity contribution in [2.75, 3.05) is 4.90 Å². The van der Waals surface area contributed by atoms with Crippen molar-refractivity contribution in [3.63, 3.8) is 0 Å². The summed E-state index contributed by atoms with van der Waals surface area (Å²) in [5.74, 6) is 0. The lowest BCUT2D eigenvalue weighted by atomic mass is 9.53. The lowest BCUT2D eigenvalue weighted by Crippen LogP contribution is -2.70. The molecular weight excluding hydrogens is 799 g/mol. The Bertz CT molecular complexity index is 3500. The molecule has 0 amide bonds. The minimum absolute atomic E-state index is 0.176. The first-order valence-electron chi connectivity index (χ1n) is 23.4. The van der Waals surface area contributed by atoms with Crippen LogP contribution in [0.1, 0.15) is 83.3 Å². The summed E-state index contributed by atoms with van der Waals surface area (Å²) in [6.45, 7) is 14.2. The van der Waals surface area contributed by atoms with Crippen molar-refractivity contribution in [1.82, 2.24) is 0 Å². The zero-order valence-electron chi connectivity index (χ0n) is 37.8. The van der Waals surface area contributed by atoms with E-state index in [0.717, 1.165) is 0 Å². The van der Waals surface area contributed by atoms with E-state index in [1.807, 2.05) is 0 Å². The molecule has 1 nitrogen and oxygen atoms in total. The molecule has 0 saturated heterocycles. The third kappa shape index (κ3) is 4.35. The van der Waals surface area contributed by atoms with Crippen LogP contribution in [0.3, 0.4) is 0 Å². The Morgan fingerprint density at radius 1 is 0.323 bits per heavy atom. The van der Waals surface area contributed by atoms with E-state index in [0.29, 0.717) is 0 Å². The molecule has 65 heavy (non-hydrogen) atoms. The highest BCUT2D eigenvalue weighted by atomic mass is 28.3. The van der Waals surface area contributed by atoms with E-state index >= 15 is 0 Å². The number of hydrogen-bond acceptors (Lipinski definition) is 1. The maximum atomic E-state index is 2.66. The van der Waals surface area contributed by atoms with Gasteiger partial charge in [0, 0.05) is 16.5 Å². The highest BCUT2D eigenvalue weighted by molar-refractivity contribution is 7.24. The molecule has 9 aromatic carbocycles. The Morgan fingerprint density at radius 3 is 1.45 bits per heavy atom. The summed E-state index contributed by atoms with van der Waals surface area (Å²) in [4.78, 5) is 2.66. The van der Waals surface area contributed by atoms with Gasteiger partial charge in [0.15, 0.2) is 8.07 Å². The summed E-state index contributed by atoms with van der Waals surface area (Å²) in [6, 6.07) is 73.9. The minimum Gasteiger partial charge on any atom is -0.310 e.